The van der Waals surface area contributed by atoms with E-state index in [1.807, 2.05) is 0 Å². The SMILES string of the molecule is CC(C)S(=O)(=O)c1ccc(CC(=O)N2CCN(CC(F)(F)F)CC2)cc1. The van der Waals surface area contributed by atoms with Gasteiger partial charge in [0.1, 0.15) is 0 Å². The van der Waals surface area contributed by atoms with Gasteiger partial charge < -0.3 is 4.90 Å². The van der Waals surface area contributed by atoms with E-state index in [0.717, 1.165) is 0 Å². The average molecular weight is 392 g/mol. The van der Waals surface area contributed by atoms with Crippen LogP contribution in [0.4, 0.5) is 13.2 Å². The van der Waals surface area contributed by atoms with Gasteiger partial charge in [0.15, 0.2) is 9.84 Å². The highest BCUT2D eigenvalue weighted by atomic mass is 32.2. The van der Waals surface area contributed by atoms with Crippen molar-refractivity contribution in [2.45, 2.75) is 36.6 Å². The molecule has 2 rings (SSSR count). The Morgan fingerprint density at radius 3 is 2.08 bits per heavy atom. The summed E-state index contributed by atoms with van der Waals surface area (Å²) < 4.78 is 61.3. The Bertz CT molecular complexity index is 723. The van der Waals surface area contributed by atoms with E-state index in [4.69, 9.17) is 0 Å². The second-order valence-corrected chi connectivity index (χ2v) is 9.19. The van der Waals surface area contributed by atoms with Crippen LogP contribution in [0.5, 0.6) is 0 Å². The monoisotopic (exact) mass is 392 g/mol. The number of hydrogen-bond acceptors (Lipinski definition) is 4. The van der Waals surface area contributed by atoms with Crippen LogP contribution >= 0.6 is 0 Å². The lowest BCUT2D eigenvalue weighted by atomic mass is 10.1. The zero-order valence-corrected chi connectivity index (χ0v) is 15.6. The van der Waals surface area contributed by atoms with Crippen LogP contribution in [0.15, 0.2) is 29.2 Å². The van der Waals surface area contributed by atoms with Crippen LogP contribution in [0.3, 0.4) is 0 Å². The number of halogens is 3. The molecule has 0 N–H and O–H groups in total. The molecular formula is C17H23F3N2O3S. The van der Waals surface area contributed by atoms with Crippen molar-refractivity contribution in [1.29, 1.82) is 0 Å². The number of rotatable bonds is 5. The number of nitrogens with zero attached hydrogens (tertiary/aromatic N) is 2. The molecule has 0 atom stereocenters. The number of benzene rings is 1. The van der Waals surface area contributed by atoms with E-state index >= 15 is 0 Å². The minimum atomic E-state index is -4.23. The van der Waals surface area contributed by atoms with Gasteiger partial charge in [0.25, 0.3) is 0 Å². The number of sulfone groups is 1. The average Bonchev–Trinajstić information content (AvgIpc) is 2.54. The third-order valence-corrected chi connectivity index (χ3v) is 6.53. The standard InChI is InChI=1S/C17H23F3N2O3S/c1-13(2)26(24,25)15-5-3-14(4-6-15)11-16(23)22-9-7-21(8-10-22)12-17(18,19)20/h3-6,13H,7-12H2,1-2H3. The van der Waals surface area contributed by atoms with Gasteiger partial charge in [0.2, 0.25) is 5.91 Å². The summed E-state index contributed by atoms with van der Waals surface area (Å²) in [6.45, 7) is 3.15. The number of piperazine rings is 1. The van der Waals surface area contributed by atoms with Crippen molar-refractivity contribution < 1.29 is 26.4 Å². The van der Waals surface area contributed by atoms with E-state index in [-0.39, 0.29) is 43.4 Å². The topological polar surface area (TPSA) is 57.7 Å². The fourth-order valence-electron chi connectivity index (χ4n) is 2.76. The molecule has 1 saturated heterocycles. The molecule has 0 saturated carbocycles. The van der Waals surface area contributed by atoms with Crippen molar-refractivity contribution >= 4 is 15.7 Å². The Morgan fingerprint density at radius 1 is 1.08 bits per heavy atom. The molecule has 1 aromatic rings. The first-order chi connectivity index (χ1) is 12.0. The predicted molar refractivity (Wildman–Crippen MR) is 91.5 cm³/mol. The van der Waals surface area contributed by atoms with Gasteiger partial charge in [-0.2, -0.15) is 13.2 Å². The molecule has 1 amide bonds. The summed E-state index contributed by atoms with van der Waals surface area (Å²) in [4.78, 5) is 15.4. The molecular weight excluding hydrogens is 369 g/mol. The maximum atomic E-state index is 12.4. The molecule has 0 unspecified atom stereocenters. The van der Waals surface area contributed by atoms with Gasteiger partial charge in [-0.05, 0) is 31.5 Å². The van der Waals surface area contributed by atoms with Crippen LogP contribution in [0.25, 0.3) is 0 Å². The van der Waals surface area contributed by atoms with E-state index in [0.29, 0.717) is 5.56 Å². The molecule has 146 valence electrons. The molecule has 1 aliphatic heterocycles. The van der Waals surface area contributed by atoms with Crippen molar-refractivity contribution in [2.75, 3.05) is 32.7 Å². The lowest BCUT2D eigenvalue weighted by molar-refractivity contribution is -0.151. The summed E-state index contributed by atoms with van der Waals surface area (Å²) in [6, 6.07) is 6.18. The van der Waals surface area contributed by atoms with E-state index in [1.54, 1.807) is 30.9 Å². The third kappa shape index (κ3) is 5.44. The van der Waals surface area contributed by atoms with Gasteiger partial charge in [-0.15, -0.1) is 0 Å². The fraction of sp³-hybridized carbons (Fsp3) is 0.588. The van der Waals surface area contributed by atoms with E-state index in [9.17, 15) is 26.4 Å². The lowest BCUT2D eigenvalue weighted by Crippen LogP contribution is -2.51. The van der Waals surface area contributed by atoms with E-state index in [2.05, 4.69) is 0 Å². The summed E-state index contributed by atoms with van der Waals surface area (Å²) in [6.07, 6.45) is -4.13. The lowest BCUT2D eigenvalue weighted by Gasteiger charge is -2.35. The normalized spacial score (nSPS) is 16.9. The largest absolute Gasteiger partial charge is 0.401 e. The molecule has 0 spiro atoms. The van der Waals surface area contributed by atoms with Crippen LogP contribution < -0.4 is 0 Å². The summed E-state index contributed by atoms with van der Waals surface area (Å²) in [5.74, 6) is -0.170. The minimum absolute atomic E-state index is 0.0985. The number of hydrogen-bond donors (Lipinski definition) is 0. The van der Waals surface area contributed by atoms with Gasteiger partial charge in [-0.25, -0.2) is 8.42 Å². The number of alkyl halides is 3. The fourth-order valence-corrected chi connectivity index (χ4v) is 3.82. The van der Waals surface area contributed by atoms with Crippen LogP contribution in [-0.4, -0.2) is 68.3 Å². The second-order valence-electron chi connectivity index (χ2n) is 6.69. The van der Waals surface area contributed by atoms with Crippen LogP contribution in [0.1, 0.15) is 19.4 Å². The van der Waals surface area contributed by atoms with Crippen molar-refractivity contribution in [3.05, 3.63) is 29.8 Å². The molecule has 0 aromatic heterocycles. The van der Waals surface area contributed by atoms with Crippen LogP contribution in [0, 0.1) is 0 Å². The Morgan fingerprint density at radius 2 is 1.62 bits per heavy atom. The molecule has 0 radical (unpaired) electrons. The molecule has 1 fully saturated rings. The zero-order valence-electron chi connectivity index (χ0n) is 14.8. The van der Waals surface area contributed by atoms with E-state index in [1.165, 1.54) is 17.0 Å². The van der Waals surface area contributed by atoms with Crippen LogP contribution in [-0.2, 0) is 21.1 Å². The highest BCUT2D eigenvalue weighted by Crippen LogP contribution is 2.19. The highest BCUT2D eigenvalue weighted by molar-refractivity contribution is 7.92. The Labute approximate surface area is 151 Å². The van der Waals surface area contributed by atoms with Gasteiger partial charge in [0.05, 0.1) is 23.1 Å². The van der Waals surface area contributed by atoms with Crippen molar-refractivity contribution in [3.8, 4) is 0 Å². The first-order valence-corrected chi connectivity index (χ1v) is 9.93. The summed E-state index contributed by atoms with van der Waals surface area (Å²) in [5.41, 5.74) is 0.676. The van der Waals surface area contributed by atoms with Gasteiger partial charge in [-0.1, -0.05) is 12.1 Å². The number of carbonyl (C=O) groups is 1. The molecule has 0 bridgehead atoms. The van der Waals surface area contributed by atoms with Gasteiger partial charge in [-0.3, -0.25) is 9.69 Å². The van der Waals surface area contributed by atoms with Crippen molar-refractivity contribution in [3.63, 3.8) is 0 Å². The first-order valence-electron chi connectivity index (χ1n) is 8.39. The maximum absolute atomic E-state index is 12.4. The Kier molecular flexibility index (Phi) is 6.33. The predicted octanol–water partition coefficient (Wildman–Crippen LogP) is 2.12. The minimum Gasteiger partial charge on any atom is -0.340 e. The number of carbonyl (C=O) groups excluding carboxylic acids is 1. The second kappa shape index (κ2) is 7.96. The molecule has 1 heterocycles. The smallest absolute Gasteiger partial charge is 0.340 e. The van der Waals surface area contributed by atoms with Gasteiger partial charge >= 0.3 is 6.18 Å². The zero-order chi connectivity index (χ0) is 19.5. The van der Waals surface area contributed by atoms with Gasteiger partial charge in [0, 0.05) is 26.2 Å². The van der Waals surface area contributed by atoms with Crippen molar-refractivity contribution in [1.82, 2.24) is 9.80 Å². The Hall–Kier alpha value is -1.61. The quantitative estimate of drug-likeness (QED) is 0.770. The maximum Gasteiger partial charge on any atom is 0.401 e. The van der Waals surface area contributed by atoms with E-state index < -0.39 is 27.8 Å². The summed E-state index contributed by atoms with van der Waals surface area (Å²) in [7, 11) is -3.36. The number of amides is 1. The molecule has 9 heteroatoms. The third-order valence-electron chi connectivity index (χ3n) is 4.36. The molecule has 5 nitrogen and oxygen atoms in total. The molecule has 1 aromatic carbocycles. The van der Waals surface area contributed by atoms with Crippen molar-refractivity contribution in [2.24, 2.45) is 0 Å². The Balaban J connectivity index is 1.91. The molecule has 1 aliphatic rings. The molecule has 26 heavy (non-hydrogen) atoms. The van der Waals surface area contributed by atoms with Crippen LogP contribution in [0.2, 0.25) is 0 Å². The first kappa shape index (κ1) is 20.7. The molecule has 0 aliphatic carbocycles. The summed E-state index contributed by atoms with van der Waals surface area (Å²) in [5, 5.41) is -0.525. The highest BCUT2D eigenvalue weighted by Gasteiger charge is 2.32. The summed E-state index contributed by atoms with van der Waals surface area (Å²) >= 11 is 0.